The van der Waals surface area contributed by atoms with Crippen LogP contribution in [0.2, 0.25) is 0 Å². The molecule has 0 bridgehead atoms. The van der Waals surface area contributed by atoms with Gasteiger partial charge in [-0.2, -0.15) is 0 Å². The Morgan fingerprint density at radius 2 is 0.578 bits per heavy atom. The van der Waals surface area contributed by atoms with E-state index >= 15 is 0 Å². The summed E-state index contributed by atoms with van der Waals surface area (Å²) >= 11 is 0. The molecule has 0 amide bonds. The Balaban J connectivity index is -0.0000000259. The van der Waals surface area contributed by atoms with Gasteiger partial charge in [0.15, 0.2) is 0 Å². The summed E-state index contributed by atoms with van der Waals surface area (Å²) in [5.41, 5.74) is 9.81. The molecule has 0 spiro atoms. The van der Waals surface area contributed by atoms with Crippen LogP contribution >= 0.6 is 0 Å². The maximum absolute atomic E-state index is 10.6. The molecule has 45 heavy (non-hydrogen) atoms. The maximum atomic E-state index is 10.6. The molecule has 0 unspecified atom stereocenters. The molecule has 22 nitrogen and oxygen atoms in total. The van der Waals surface area contributed by atoms with Crippen molar-refractivity contribution in [3.8, 4) is 0 Å². The average molecular weight is 719 g/mol. The van der Waals surface area contributed by atoms with Crippen molar-refractivity contribution in [2.45, 2.75) is 27.7 Å². The monoisotopic (exact) mass is 718 g/mol. The molecule has 0 saturated heterocycles. The largest absolute Gasteiger partial charge is 2.00 e. The zero-order valence-corrected chi connectivity index (χ0v) is 32.5. The fourth-order valence-corrected chi connectivity index (χ4v) is 1.48. The van der Waals surface area contributed by atoms with E-state index in [0.29, 0.717) is 13.1 Å². The molecule has 25 heteroatoms. The van der Waals surface area contributed by atoms with Gasteiger partial charge in [-0.15, -0.1) is 0 Å². The molecule has 0 heterocycles. The number of carbonyl (C=O) groups is 8. The predicted molar refractivity (Wildman–Crippen MR) is 152 cm³/mol. The summed E-state index contributed by atoms with van der Waals surface area (Å²) in [7, 11) is 0. The minimum absolute atomic E-state index is 0. The van der Waals surface area contributed by atoms with E-state index in [2.05, 4.69) is 0 Å². The minimum Gasteiger partial charge on any atom is -1.00 e. The van der Waals surface area contributed by atoms with Gasteiger partial charge in [-0.3, -0.25) is 48.2 Å². The van der Waals surface area contributed by atoms with E-state index in [0.717, 1.165) is 37.5 Å². The molecule has 0 fully saturated rings. The van der Waals surface area contributed by atoms with Crippen LogP contribution in [-0.2, 0) is 38.4 Å². The Labute approximate surface area is 338 Å². The molecular formula is C20H48CaN4Na2O18. The number of nitrogens with zero attached hydrogens (tertiary/aromatic N) is 2. The van der Waals surface area contributed by atoms with Crippen LogP contribution in [-0.4, -0.2) is 199 Å². The first kappa shape index (κ1) is 74.6. The number of hydrogen-bond donors (Lipinski definition) is 10. The van der Waals surface area contributed by atoms with Crippen molar-refractivity contribution < 1.29 is 155 Å². The number of hydrogen-bond acceptors (Lipinski definition) is 12. The van der Waals surface area contributed by atoms with E-state index in [4.69, 9.17) is 71.5 Å². The molecule has 0 aliphatic rings. The third-order valence-corrected chi connectivity index (χ3v) is 2.33. The van der Waals surface area contributed by atoms with Crippen molar-refractivity contribution in [1.29, 1.82) is 0 Å². The quantitative estimate of drug-likeness (QED) is 0.0837. The first-order valence-corrected chi connectivity index (χ1v) is 10.5. The van der Waals surface area contributed by atoms with Crippen LogP contribution in [0.4, 0.5) is 0 Å². The van der Waals surface area contributed by atoms with Crippen LogP contribution in [0.25, 0.3) is 0 Å². The second-order valence-electron chi connectivity index (χ2n) is 6.65. The van der Waals surface area contributed by atoms with Crippen LogP contribution in [0.3, 0.4) is 0 Å². The molecule has 0 aliphatic carbocycles. The van der Waals surface area contributed by atoms with Crippen molar-refractivity contribution in [3.63, 3.8) is 0 Å². The Morgan fingerprint density at radius 1 is 0.467 bits per heavy atom. The molecule has 0 aromatic heterocycles. The minimum atomic E-state index is -1.23. The van der Waals surface area contributed by atoms with Gasteiger partial charge in [0.1, 0.15) is 0 Å². The van der Waals surface area contributed by atoms with Crippen LogP contribution in [0.15, 0.2) is 0 Å². The van der Waals surface area contributed by atoms with E-state index in [1.807, 2.05) is 0 Å². The molecule has 0 aliphatic heterocycles. The number of rotatable bonds is 12. The average Bonchev–Trinajstić information content (AvgIpc) is 2.68. The van der Waals surface area contributed by atoms with Gasteiger partial charge < -0.3 is 69.0 Å². The van der Waals surface area contributed by atoms with Crippen LogP contribution < -0.4 is 70.6 Å². The first-order chi connectivity index (χ1) is 18.0. The number of carboxylic acids is 8. The van der Waals surface area contributed by atoms with E-state index in [9.17, 15) is 19.2 Å². The summed E-state index contributed by atoms with van der Waals surface area (Å²) in [6.07, 6.45) is 0. The molecular weight excluding hydrogens is 670 g/mol. The summed E-state index contributed by atoms with van der Waals surface area (Å²) in [5.74, 6) is -8.24. The van der Waals surface area contributed by atoms with E-state index in [1.165, 1.54) is 0 Å². The fraction of sp³-hybridized carbons (Fsp3) is 0.600. The SMILES string of the molecule is CC(=O)O.CC(=O)O.CC(=O)O.CC(=O)O.NCCN.O.O.O=C(O)CN(CCN(CC(=O)O)CC(=O)O)CC(=O)O.[Ca+2].[H-].[H-].[H-].[H-].[Na+].[Na+]. The Hall–Kier alpha value is -1.22. The summed E-state index contributed by atoms with van der Waals surface area (Å²) in [4.78, 5) is 80.4. The number of aliphatic carboxylic acids is 8. The molecule has 0 rings (SSSR count). The molecule has 16 N–H and O–H groups in total. The summed E-state index contributed by atoms with van der Waals surface area (Å²) in [6, 6.07) is 0. The zero-order valence-electron chi connectivity index (χ0n) is 30.3. The van der Waals surface area contributed by atoms with Crippen molar-refractivity contribution in [2.75, 3.05) is 52.4 Å². The summed E-state index contributed by atoms with van der Waals surface area (Å²) in [5, 5.41) is 64.1. The van der Waals surface area contributed by atoms with Crippen LogP contribution in [0, 0.1) is 0 Å². The molecule has 0 radical (unpaired) electrons. The number of nitrogens with two attached hydrogens (primary N) is 2. The Kier molecular flexibility index (Phi) is 91.5. The van der Waals surface area contributed by atoms with Crippen molar-refractivity contribution in [2.24, 2.45) is 11.5 Å². The third-order valence-electron chi connectivity index (χ3n) is 2.33. The Bertz CT molecular complexity index is 668. The second kappa shape index (κ2) is 55.2. The van der Waals surface area contributed by atoms with Gasteiger partial charge in [-0.05, 0) is 0 Å². The zero-order chi connectivity index (χ0) is 33.4. The molecule has 0 atom stereocenters. The third kappa shape index (κ3) is 165. The van der Waals surface area contributed by atoms with Gasteiger partial charge in [0.25, 0.3) is 23.9 Å². The summed E-state index contributed by atoms with van der Waals surface area (Å²) < 4.78 is 0. The predicted octanol–water partition coefficient (Wildman–Crippen LogP) is -10.4. The molecule has 0 saturated carbocycles. The van der Waals surface area contributed by atoms with Gasteiger partial charge in [-0.1, -0.05) is 0 Å². The second-order valence-corrected chi connectivity index (χ2v) is 6.65. The normalized spacial score (nSPS) is 7.64. The first-order valence-electron chi connectivity index (χ1n) is 10.5. The van der Waals surface area contributed by atoms with Crippen molar-refractivity contribution >= 4 is 85.5 Å². The number of carboxylic acid groups (broad SMARTS) is 8. The van der Waals surface area contributed by atoms with Crippen molar-refractivity contribution in [3.05, 3.63) is 0 Å². The molecule has 0 aromatic carbocycles. The molecule has 260 valence electrons. The maximum Gasteiger partial charge on any atom is 2.00 e. The van der Waals surface area contributed by atoms with E-state index in [1.54, 1.807) is 0 Å². The van der Waals surface area contributed by atoms with Crippen LogP contribution in [0.1, 0.15) is 33.4 Å². The summed E-state index contributed by atoms with van der Waals surface area (Å²) in [6.45, 7) is 3.28. The standard InChI is InChI=1S/C10H16N2O8.C2H8N2.4C2H4O2.Ca.2Na.2H2O.4H/c13-7(14)3-11(4-8(15)16)1-2-12(5-9(17)18)6-10(19)20;3-1-2-4;4*1-2(3)4;;;;;;;;;/h1-6H2,(H,13,14)(H,15,16)(H,17,18)(H,19,20);1-4H2;4*1H3,(H,3,4);;;;2*1H2;;;;/q;;;;;;+2;2*+1;;;4*-1. The van der Waals surface area contributed by atoms with E-state index < -0.39 is 73.9 Å². The van der Waals surface area contributed by atoms with Gasteiger partial charge >= 0.3 is 121 Å². The molecule has 0 aromatic rings. The van der Waals surface area contributed by atoms with Gasteiger partial charge in [0.05, 0.1) is 26.2 Å². The van der Waals surface area contributed by atoms with Gasteiger partial charge in [0.2, 0.25) is 0 Å². The fourth-order valence-electron chi connectivity index (χ4n) is 1.48. The van der Waals surface area contributed by atoms with E-state index in [-0.39, 0.29) is 127 Å². The topological polar surface area (TPSA) is 420 Å². The Morgan fingerprint density at radius 3 is 0.644 bits per heavy atom. The smallest absolute Gasteiger partial charge is 1.00 e. The van der Waals surface area contributed by atoms with Crippen LogP contribution in [0.5, 0.6) is 0 Å². The van der Waals surface area contributed by atoms with Gasteiger partial charge in [-0.25, -0.2) is 0 Å². The van der Waals surface area contributed by atoms with Gasteiger partial charge in [0, 0.05) is 53.9 Å². The van der Waals surface area contributed by atoms with Crippen molar-refractivity contribution in [1.82, 2.24) is 9.80 Å².